The van der Waals surface area contributed by atoms with Gasteiger partial charge in [-0.1, -0.05) is 12.1 Å². The summed E-state index contributed by atoms with van der Waals surface area (Å²) in [5, 5.41) is 0. The molecule has 0 spiro atoms. The van der Waals surface area contributed by atoms with Gasteiger partial charge in [-0.15, -0.1) is 0 Å². The first-order chi connectivity index (χ1) is 12.9. The number of amides is 2. The second-order valence-electron chi connectivity index (χ2n) is 7.04. The Morgan fingerprint density at radius 1 is 1.00 bits per heavy atom. The molecular weight excluding hydrogens is 342 g/mol. The maximum atomic E-state index is 12.8. The average molecular weight is 369 g/mol. The molecule has 2 amide bonds. The van der Waals surface area contributed by atoms with Crippen molar-refractivity contribution >= 4 is 11.8 Å². The Labute approximate surface area is 160 Å². The van der Waals surface area contributed by atoms with Crippen LogP contribution in [0.5, 0.6) is 5.75 Å². The fourth-order valence-electron chi connectivity index (χ4n) is 3.43. The number of rotatable bonds is 4. The summed E-state index contributed by atoms with van der Waals surface area (Å²) in [5.74, 6) is 0.933. The highest BCUT2D eigenvalue weighted by atomic mass is 16.5. The van der Waals surface area contributed by atoms with Crippen molar-refractivity contribution in [2.75, 3.05) is 33.3 Å². The van der Waals surface area contributed by atoms with Gasteiger partial charge in [0.25, 0.3) is 5.91 Å². The van der Waals surface area contributed by atoms with Crippen molar-refractivity contribution < 1.29 is 14.3 Å². The standard InChI is InChI=1S/C21H27N3O3/c1-15-13-19(16(2)22(15)3)21(26)24-11-9-23(10-12-24)20(25)14-17-5-7-18(27-4)8-6-17/h5-8,13H,9-12,14H2,1-4H3. The molecule has 0 bridgehead atoms. The third-order valence-electron chi connectivity index (χ3n) is 5.44. The summed E-state index contributed by atoms with van der Waals surface area (Å²) in [6.45, 7) is 6.26. The molecule has 2 heterocycles. The highest BCUT2D eigenvalue weighted by molar-refractivity contribution is 5.96. The first-order valence-corrected chi connectivity index (χ1v) is 9.23. The van der Waals surface area contributed by atoms with Crippen molar-refractivity contribution in [2.45, 2.75) is 20.3 Å². The van der Waals surface area contributed by atoms with Crippen molar-refractivity contribution in [3.8, 4) is 5.75 Å². The number of carbonyl (C=O) groups is 2. The minimum atomic E-state index is 0.0541. The van der Waals surface area contributed by atoms with E-state index in [-0.39, 0.29) is 11.8 Å². The molecule has 1 aromatic heterocycles. The number of benzene rings is 1. The number of carbonyl (C=O) groups excluding carboxylic acids is 2. The van der Waals surface area contributed by atoms with Crippen molar-refractivity contribution in [1.82, 2.24) is 14.4 Å². The molecule has 1 aromatic carbocycles. The van der Waals surface area contributed by atoms with Crippen LogP contribution in [0.3, 0.4) is 0 Å². The highest BCUT2D eigenvalue weighted by Crippen LogP contribution is 2.17. The summed E-state index contributed by atoms with van der Waals surface area (Å²) < 4.78 is 7.17. The van der Waals surface area contributed by atoms with E-state index < -0.39 is 0 Å². The molecule has 27 heavy (non-hydrogen) atoms. The summed E-state index contributed by atoms with van der Waals surface area (Å²) >= 11 is 0. The average Bonchev–Trinajstić information content (AvgIpc) is 2.95. The molecule has 1 fully saturated rings. The van der Waals surface area contributed by atoms with Gasteiger partial charge in [-0.3, -0.25) is 9.59 Å². The van der Waals surface area contributed by atoms with Crippen LogP contribution < -0.4 is 4.74 Å². The minimum absolute atomic E-state index is 0.0541. The maximum Gasteiger partial charge on any atom is 0.255 e. The third-order valence-corrected chi connectivity index (χ3v) is 5.44. The largest absolute Gasteiger partial charge is 0.497 e. The van der Waals surface area contributed by atoms with Crippen LogP contribution in [0.2, 0.25) is 0 Å². The topological polar surface area (TPSA) is 54.8 Å². The van der Waals surface area contributed by atoms with Crippen molar-refractivity contribution in [1.29, 1.82) is 0 Å². The number of hydrogen-bond acceptors (Lipinski definition) is 3. The van der Waals surface area contributed by atoms with E-state index in [1.807, 2.05) is 65.6 Å². The molecule has 0 saturated carbocycles. The predicted octanol–water partition coefficient (Wildman–Crippen LogP) is 2.18. The van der Waals surface area contributed by atoms with E-state index in [4.69, 9.17) is 4.74 Å². The Morgan fingerprint density at radius 2 is 1.59 bits per heavy atom. The fourth-order valence-corrected chi connectivity index (χ4v) is 3.43. The highest BCUT2D eigenvalue weighted by Gasteiger charge is 2.26. The van der Waals surface area contributed by atoms with E-state index in [0.717, 1.165) is 28.3 Å². The van der Waals surface area contributed by atoms with Gasteiger partial charge < -0.3 is 19.1 Å². The Bertz CT molecular complexity index is 831. The number of ether oxygens (including phenoxy) is 1. The van der Waals surface area contributed by atoms with Gasteiger partial charge in [0, 0.05) is 44.6 Å². The molecule has 0 aliphatic carbocycles. The fraction of sp³-hybridized carbons (Fsp3) is 0.429. The van der Waals surface area contributed by atoms with Crippen LogP contribution in [0.4, 0.5) is 0 Å². The molecule has 0 N–H and O–H groups in total. The van der Waals surface area contributed by atoms with Gasteiger partial charge in [-0.05, 0) is 37.6 Å². The summed E-state index contributed by atoms with van der Waals surface area (Å²) in [6, 6.07) is 9.50. The quantitative estimate of drug-likeness (QED) is 0.830. The zero-order chi connectivity index (χ0) is 19.6. The van der Waals surface area contributed by atoms with Crippen LogP contribution in [-0.2, 0) is 18.3 Å². The van der Waals surface area contributed by atoms with E-state index >= 15 is 0 Å². The Balaban J connectivity index is 1.56. The second-order valence-corrected chi connectivity index (χ2v) is 7.04. The summed E-state index contributed by atoms with van der Waals surface area (Å²) in [5.41, 5.74) is 3.78. The molecule has 1 aliphatic rings. The number of nitrogens with zero attached hydrogens (tertiary/aromatic N) is 3. The lowest BCUT2D eigenvalue weighted by molar-refractivity contribution is -0.131. The van der Waals surface area contributed by atoms with Gasteiger partial charge in [0.2, 0.25) is 5.91 Å². The lowest BCUT2D eigenvalue weighted by Gasteiger charge is -2.35. The van der Waals surface area contributed by atoms with Crippen LogP contribution in [0.1, 0.15) is 27.3 Å². The molecule has 1 aliphatic heterocycles. The van der Waals surface area contributed by atoms with Crippen molar-refractivity contribution in [3.05, 3.63) is 52.8 Å². The molecule has 2 aromatic rings. The monoisotopic (exact) mass is 369 g/mol. The molecule has 6 nitrogen and oxygen atoms in total. The van der Waals surface area contributed by atoms with Crippen LogP contribution >= 0.6 is 0 Å². The second kappa shape index (κ2) is 7.86. The molecule has 6 heteroatoms. The molecular formula is C21H27N3O3. The van der Waals surface area contributed by atoms with Gasteiger partial charge in [-0.2, -0.15) is 0 Å². The lowest BCUT2D eigenvalue weighted by Crippen LogP contribution is -2.51. The summed E-state index contributed by atoms with van der Waals surface area (Å²) in [6.07, 6.45) is 0.370. The number of methoxy groups -OCH3 is 1. The smallest absolute Gasteiger partial charge is 0.255 e. The Hall–Kier alpha value is -2.76. The lowest BCUT2D eigenvalue weighted by atomic mass is 10.1. The first-order valence-electron chi connectivity index (χ1n) is 9.23. The summed E-state index contributed by atoms with van der Waals surface area (Å²) in [7, 11) is 3.59. The molecule has 1 saturated heterocycles. The molecule has 0 radical (unpaired) electrons. The van der Waals surface area contributed by atoms with Crippen molar-refractivity contribution in [3.63, 3.8) is 0 Å². The number of aryl methyl sites for hydroxylation is 1. The van der Waals surface area contributed by atoms with Crippen LogP contribution in [0.25, 0.3) is 0 Å². The SMILES string of the molecule is COc1ccc(CC(=O)N2CCN(C(=O)c3cc(C)n(C)c3C)CC2)cc1. The van der Waals surface area contributed by atoms with E-state index in [1.165, 1.54) is 0 Å². The van der Waals surface area contributed by atoms with Gasteiger partial charge in [0.15, 0.2) is 0 Å². The van der Waals surface area contributed by atoms with Gasteiger partial charge >= 0.3 is 0 Å². The van der Waals surface area contributed by atoms with Gasteiger partial charge in [-0.25, -0.2) is 0 Å². The maximum absolute atomic E-state index is 12.8. The zero-order valence-corrected chi connectivity index (χ0v) is 16.5. The van der Waals surface area contributed by atoms with E-state index in [1.54, 1.807) is 7.11 Å². The van der Waals surface area contributed by atoms with E-state index in [2.05, 4.69) is 0 Å². The molecule has 0 atom stereocenters. The molecule has 3 rings (SSSR count). The van der Waals surface area contributed by atoms with Gasteiger partial charge in [0.1, 0.15) is 5.75 Å². The van der Waals surface area contributed by atoms with Crippen LogP contribution in [-0.4, -0.2) is 59.5 Å². The first kappa shape index (κ1) is 19.0. The Morgan fingerprint density at radius 3 is 2.11 bits per heavy atom. The summed E-state index contributed by atoms with van der Waals surface area (Å²) in [4.78, 5) is 29.1. The number of piperazine rings is 1. The Kier molecular flexibility index (Phi) is 5.54. The van der Waals surface area contributed by atoms with E-state index in [0.29, 0.717) is 32.6 Å². The van der Waals surface area contributed by atoms with Gasteiger partial charge in [0.05, 0.1) is 19.1 Å². The predicted molar refractivity (Wildman–Crippen MR) is 104 cm³/mol. The normalized spacial score (nSPS) is 14.4. The zero-order valence-electron chi connectivity index (χ0n) is 16.5. The number of aromatic nitrogens is 1. The third kappa shape index (κ3) is 3.99. The van der Waals surface area contributed by atoms with Crippen molar-refractivity contribution in [2.24, 2.45) is 7.05 Å². The molecule has 144 valence electrons. The molecule has 0 unspecified atom stereocenters. The van der Waals surface area contributed by atoms with E-state index in [9.17, 15) is 9.59 Å². The van der Waals surface area contributed by atoms with Crippen LogP contribution in [0, 0.1) is 13.8 Å². The van der Waals surface area contributed by atoms with Crippen LogP contribution in [0.15, 0.2) is 30.3 Å². The number of hydrogen-bond donors (Lipinski definition) is 0. The minimum Gasteiger partial charge on any atom is -0.497 e.